The third-order valence-corrected chi connectivity index (χ3v) is 3.26. The minimum absolute atomic E-state index is 0.261. The Hall–Kier alpha value is -0.760. The van der Waals surface area contributed by atoms with E-state index < -0.39 is 34.7 Å². The molecule has 20 heavy (non-hydrogen) atoms. The van der Waals surface area contributed by atoms with Crippen LogP contribution in [0.25, 0.3) is 0 Å². The summed E-state index contributed by atoms with van der Waals surface area (Å²) in [5.74, 6) is -3.47. The lowest BCUT2D eigenvalue weighted by molar-refractivity contribution is -0.139. The van der Waals surface area contributed by atoms with Gasteiger partial charge in [0.25, 0.3) is 0 Å². The lowest BCUT2D eigenvalue weighted by atomic mass is 9.90. The van der Waals surface area contributed by atoms with E-state index in [-0.39, 0.29) is 12.8 Å². The van der Waals surface area contributed by atoms with Gasteiger partial charge in [0, 0.05) is 12.1 Å². The number of carbonyl (C=O) groups is 2. The van der Waals surface area contributed by atoms with Crippen LogP contribution in [0.5, 0.6) is 0 Å². The van der Waals surface area contributed by atoms with Crippen LogP contribution in [0.15, 0.2) is 0 Å². The van der Waals surface area contributed by atoms with Crippen LogP contribution in [-0.4, -0.2) is 34.7 Å². The predicted octanol–water partition coefficient (Wildman–Crippen LogP) is 2.19. The Kier molecular flexibility index (Phi) is 5.48. The first kappa shape index (κ1) is 17.3. The SMILES string of the molecule is O=C(NC1CCCCC1NC(=O)C(F)(F)Cl)C(F)(F)Cl. The van der Waals surface area contributed by atoms with Crippen LogP contribution in [0.4, 0.5) is 17.6 Å². The fraction of sp³-hybridized carbons (Fsp3) is 0.800. The van der Waals surface area contributed by atoms with Crippen molar-refractivity contribution in [3.63, 3.8) is 0 Å². The van der Waals surface area contributed by atoms with Gasteiger partial charge in [-0.25, -0.2) is 0 Å². The van der Waals surface area contributed by atoms with E-state index in [1.165, 1.54) is 0 Å². The molecule has 2 N–H and O–H groups in total. The topological polar surface area (TPSA) is 58.2 Å². The highest BCUT2D eigenvalue weighted by atomic mass is 35.5. The smallest absolute Gasteiger partial charge is 0.345 e. The molecule has 0 saturated heterocycles. The van der Waals surface area contributed by atoms with Crippen LogP contribution in [0.2, 0.25) is 0 Å². The minimum atomic E-state index is -4.09. The van der Waals surface area contributed by atoms with Crippen LogP contribution in [0, 0.1) is 0 Å². The Bertz CT molecular complexity index is 348. The quantitative estimate of drug-likeness (QED) is 0.609. The molecule has 0 radical (unpaired) electrons. The summed E-state index contributed by atoms with van der Waals surface area (Å²) in [4.78, 5) is 22.2. The lowest BCUT2D eigenvalue weighted by Crippen LogP contribution is -2.57. The van der Waals surface area contributed by atoms with E-state index in [2.05, 4.69) is 23.2 Å². The zero-order valence-corrected chi connectivity index (χ0v) is 11.6. The fourth-order valence-electron chi connectivity index (χ4n) is 1.98. The number of hydrogen-bond acceptors (Lipinski definition) is 2. The Balaban J connectivity index is 2.68. The van der Waals surface area contributed by atoms with Crippen LogP contribution in [0.1, 0.15) is 25.7 Å². The molecule has 0 spiro atoms. The largest absolute Gasteiger partial charge is 0.399 e. The van der Waals surface area contributed by atoms with Gasteiger partial charge in [-0.3, -0.25) is 9.59 Å². The van der Waals surface area contributed by atoms with Crippen molar-refractivity contribution < 1.29 is 27.2 Å². The first-order valence-electron chi connectivity index (χ1n) is 5.77. The molecule has 0 aromatic heterocycles. The molecule has 1 aliphatic carbocycles. The van der Waals surface area contributed by atoms with E-state index in [0.717, 1.165) is 0 Å². The normalized spacial score (nSPS) is 24.1. The number of rotatable bonds is 4. The maximum Gasteiger partial charge on any atom is 0.399 e. The van der Waals surface area contributed by atoms with E-state index in [1.54, 1.807) is 0 Å². The zero-order chi connectivity index (χ0) is 15.6. The number of hydrogen-bond donors (Lipinski definition) is 2. The summed E-state index contributed by atoms with van der Waals surface area (Å²) in [6.45, 7) is 0. The van der Waals surface area contributed by atoms with Gasteiger partial charge in [-0.05, 0) is 36.0 Å². The summed E-state index contributed by atoms with van der Waals surface area (Å²) in [6, 6.07) is -1.80. The van der Waals surface area contributed by atoms with Crippen molar-refractivity contribution in [1.29, 1.82) is 0 Å². The molecule has 2 amide bonds. The average Bonchev–Trinajstić information content (AvgIpc) is 2.29. The van der Waals surface area contributed by atoms with E-state index in [4.69, 9.17) is 0 Å². The fourth-order valence-corrected chi connectivity index (χ4v) is 2.09. The third kappa shape index (κ3) is 4.97. The molecule has 1 aliphatic rings. The summed E-state index contributed by atoms with van der Waals surface area (Å²) in [5.41, 5.74) is 0. The molecule has 0 heterocycles. The van der Waals surface area contributed by atoms with Crippen LogP contribution >= 0.6 is 23.2 Å². The Labute approximate surface area is 122 Å². The van der Waals surface area contributed by atoms with Gasteiger partial charge < -0.3 is 10.6 Å². The van der Waals surface area contributed by atoms with Gasteiger partial charge in [0.05, 0.1) is 0 Å². The van der Waals surface area contributed by atoms with Crippen molar-refractivity contribution in [3.05, 3.63) is 0 Å². The Morgan fingerprint density at radius 3 is 1.40 bits per heavy atom. The monoisotopic (exact) mass is 338 g/mol. The third-order valence-electron chi connectivity index (χ3n) is 2.91. The van der Waals surface area contributed by atoms with Gasteiger partial charge in [-0.1, -0.05) is 12.8 Å². The highest BCUT2D eigenvalue weighted by molar-refractivity contribution is 6.32. The lowest BCUT2D eigenvalue weighted by Gasteiger charge is -2.33. The minimum Gasteiger partial charge on any atom is -0.345 e. The van der Waals surface area contributed by atoms with E-state index in [1.807, 2.05) is 10.6 Å². The average molecular weight is 339 g/mol. The number of nitrogens with one attached hydrogen (secondary N) is 2. The van der Waals surface area contributed by atoms with Crippen molar-refractivity contribution in [1.82, 2.24) is 10.6 Å². The first-order valence-corrected chi connectivity index (χ1v) is 6.53. The standard InChI is InChI=1S/C10H12Cl2F4N2O2/c11-9(13,14)7(19)17-5-3-1-2-4-6(5)18-8(20)10(12,15)16/h5-6H,1-4H2,(H,17,19)(H,18,20). The van der Waals surface area contributed by atoms with E-state index in [9.17, 15) is 27.2 Å². The van der Waals surface area contributed by atoms with E-state index in [0.29, 0.717) is 12.8 Å². The van der Waals surface area contributed by atoms with Crippen molar-refractivity contribution in [2.45, 2.75) is 48.5 Å². The number of halogens is 6. The first-order chi connectivity index (χ1) is 9.01. The molecule has 1 saturated carbocycles. The zero-order valence-electron chi connectivity index (χ0n) is 10.1. The summed E-state index contributed by atoms with van der Waals surface area (Å²) in [7, 11) is 0. The second kappa shape index (κ2) is 6.34. The Morgan fingerprint density at radius 2 is 1.15 bits per heavy atom. The number of alkyl halides is 6. The van der Waals surface area contributed by atoms with Crippen molar-refractivity contribution in [2.75, 3.05) is 0 Å². The molecule has 0 aromatic carbocycles. The molecule has 10 heteroatoms. The molecule has 1 rings (SSSR count). The predicted molar refractivity (Wildman–Crippen MR) is 63.9 cm³/mol. The second-order valence-electron chi connectivity index (χ2n) is 4.44. The maximum absolute atomic E-state index is 12.6. The molecular formula is C10H12Cl2F4N2O2. The van der Waals surface area contributed by atoms with E-state index >= 15 is 0 Å². The van der Waals surface area contributed by atoms with Gasteiger partial charge in [0.2, 0.25) is 0 Å². The van der Waals surface area contributed by atoms with Gasteiger partial charge >= 0.3 is 22.6 Å². The highest BCUT2D eigenvalue weighted by Gasteiger charge is 2.41. The molecule has 4 nitrogen and oxygen atoms in total. The van der Waals surface area contributed by atoms with Gasteiger partial charge in [-0.2, -0.15) is 17.6 Å². The molecule has 116 valence electrons. The van der Waals surface area contributed by atoms with Crippen LogP contribution in [-0.2, 0) is 9.59 Å². The molecule has 0 bridgehead atoms. The van der Waals surface area contributed by atoms with Gasteiger partial charge in [0.15, 0.2) is 0 Å². The summed E-state index contributed by atoms with van der Waals surface area (Å²) in [5, 5.41) is -4.31. The van der Waals surface area contributed by atoms with Gasteiger partial charge in [0.1, 0.15) is 0 Å². The molecular weight excluding hydrogens is 327 g/mol. The summed E-state index contributed by atoms with van der Waals surface area (Å²) < 4.78 is 50.3. The van der Waals surface area contributed by atoms with Crippen molar-refractivity contribution in [2.24, 2.45) is 0 Å². The maximum atomic E-state index is 12.6. The number of carbonyl (C=O) groups excluding carboxylic acids is 2. The number of amides is 2. The summed E-state index contributed by atoms with van der Waals surface area (Å²) in [6.07, 6.45) is 1.72. The molecule has 0 aliphatic heterocycles. The van der Waals surface area contributed by atoms with Crippen LogP contribution < -0.4 is 10.6 Å². The van der Waals surface area contributed by atoms with Gasteiger partial charge in [-0.15, -0.1) is 0 Å². The summed E-state index contributed by atoms with van der Waals surface area (Å²) >= 11 is 9.11. The Morgan fingerprint density at radius 1 is 0.850 bits per heavy atom. The van der Waals surface area contributed by atoms with Crippen LogP contribution in [0.3, 0.4) is 0 Å². The molecule has 0 aromatic rings. The highest BCUT2D eigenvalue weighted by Crippen LogP contribution is 2.24. The molecule has 1 fully saturated rings. The van der Waals surface area contributed by atoms with Crippen molar-refractivity contribution >= 4 is 35.0 Å². The molecule has 2 atom stereocenters. The molecule has 2 unspecified atom stereocenters. The van der Waals surface area contributed by atoms with Crippen molar-refractivity contribution in [3.8, 4) is 0 Å². The second-order valence-corrected chi connectivity index (χ2v) is 5.39.